The normalized spacial score (nSPS) is 11.8. The fourth-order valence-corrected chi connectivity index (χ4v) is 4.98. The Balaban J connectivity index is 2.40. The molecule has 2 heterocycles. The number of hydrogen-bond acceptors (Lipinski definition) is 5. The summed E-state index contributed by atoms with van der Waals surface area (Å²) in [5.41, 5.74) is 0.636. The zero-order valence-corrected chi connectivity index (χ0v) is 13.8. The summed E-state index contributed by atoms with van der Waals surface area (Å²) in [5, 5.41) is 9.03. The molecule has 0 aliphatic heterocycles. The number of nitrogens with zero attached hydrogens (tertiary/aromatic N) is 2. The van der Waals surface area contributed by atoms with E-state index in [2.05, 4.69) is 4.98 Å². The Bertz CT molecular complexity index is 769. The first kappa shape index (κ1) is 16.6. The minimum absolute atomic E-state index is 0.0309. The maximum Gasteiger partial charge on any atom is 0.318 e. The van der Waals surface area contributed by atoms with E-state index in [1.807, 2.05) is 6.92 Å². The lowest BCUT2D eigenvalue weighted by Crippen LogP contribution is -2.35. The summed E-state index contributed by atoms with van der Waals surface area (Å²) in [7, 11) is -3.87. The van der Waals surface area contributed by atoms with Gasteiger partial charge in [-0.05, 0) is 31.5 Å². The highest BCUT2D eigenvalue weighted by Crippen LogP contribution is 2.28. The van der Waals surface area contributed by atoms with Crippen molar-refractivity contribution in [2.24, 2.45) is 0 Å². The second-order valence-corrected chi connectivity index (χ2v) is 8.17. The van der Waals surface area contributed by atoms with Crippen LogP contribution in [0.1, 0.15) is 15.3 Å². The summed E-state index contributed by atoms with van der Waals surface area (Å²) in [4.78, 5) is 16.7. The Morgan fingerprint density at radius 2 is 2.14 bits per heavy atom. The lowest BCUT2D eigenvalue weighted by atomic mass is 10.3. The molecule has 0 fully saturated rings. The van der Waals surface area contributed by atoms with Crippen molar-refractivity contribution in [1.29, 1.82) is 0 Å². The van der Waals surface area contributed by atoms with Crippen LogP contribution in [0.3, 0.4) is 0 Å². The van der Waals surface area contributed by atoms with Crippen LogP contribution in [0, 0.1) is 13.8 Å². The number of carbonyl (C=O) groups is 1. The molecule has 2 rings (SSSR count). The molecule has 8 heteroatoms. The van der Waals surface area contributed by atoms with Crippen LogP contribution in [0.25, 0.3) is 0 Å². The van der Waals surface area contributed by atoms with Crippen molar-refractivity contribution in [2.45, 2.75) is 25.3 Å². The molecule has 0 unspecified atom stereocenters. The monoisotopic (exact) mass is 340 g/mol. The van der Waals surface area contributed by atoms with Gasteiger partial charge in [0, 0.05) is 28.7 Å². The molecule has 0 aliphatic carbocycles. The Hall–Kier alpha value is -1.77. The zero-order chi connectivity index (χ0) is 16.3. The summed E-state index contributed by atoms with van der Waals surface area (Å²) >= 11 is 1.37. The van der Waals surface area contributed by atoms with Gasteiger partial charge in [-0.2, -0.15) is 4.31 Å². The lowest BCUT2D eigenvalue weighted by molar-refractivity contribution is -0.137. The van der Waals surface area contributed by atoms with E-state index in [0.29, 0.717) is 10.4 Å². The number of pyridine rings is 1. The fourth-order valence-electron chi connectivity index (χ4n) is 2.07. The van der Waals surface area contributed by atoms with Crippen molar-refractivity contribution in [2.75, 3.05) is 6.54 Å². The molecule has 2 aromatic heterocycles. The molecule has 0 bridgehead atoms. The third-order valence-corrected chi connectivity index (χ3v) is 6.02. The average Bonchev–Trinajstić information content (AvgIpc) is 2.78. The molecular formula is C14H16N2O4S2. The smallest absolute Gasteiger partial charge is 0.318 e. The highest BCUT2D eigenvalue weighted by molar-refractivity contribution is 7.89. The number of rotatable bonds is 6. The minimum Gasteiger partial charge on any atom is -0.480 e. The van der Waals surface area contributed by atoms with E-state index in [-0.39, 0.29) is 11.4 Å². The van der Waals surface area contributed by atoms with Crippen molar-refractivity contribution in [1.82, 2.24) is 9.29 Å². The standard InChI is InChI=1S/C14H16N2O4S2/c1-10-6-13(11(2)21-10)22(19,20)16(9-14(17)18)8-12-4-3-5-15-7-12/h3-7H,8-9H2,1-2H3,(H,17,18). The second-order valence-electron chi connectivity index (χ2n) is 4.81. The molecule has 0 spiro atoms. The molecular weight excluding hydrogens is 324 g/mol. The number of thiophene rings is 1. The predicted molar refractivity (Wildman–Crippen MR) is 83.3 cm³/mol. The first-order valence-corrected chi connectivity index (χ1v) is 8.74. The van der Waals surface area contributed by atoms with E-state index < -0.39 is 22.5 Å². The molecule has 0 aliphatic rings. The molecule has 0 radical (unpaired) electrons. The van der Waals surface area contributed by atoms with Crippen LogP contribution in [0.4, 0.5) is 0 Å². The van der Waals surface area contributed by atoms with Crippen LogP contribution >= 0.6 is 11.3 Å². The number of sulfonamides is 1. The molecule has 6 nitrogen and oxygen atoms in total. The molecule has 118 valence electrons. The number of aliphatic carboxylic acids is 1. The van der Waals surface area contributed by atoms with Crippen LogP contribution in [-0.2, 0) is 21.4 Å². The molecule has 1 N–H and O–H groups in total. The van der Waals surface area contributed by atoms with Gasteiger partial charge in [0.25, 0.3) is 0 Å². The van der Waals surface area contributed by atoms with Crippen LogP contribution in [0.2, 0.25) is 0 Å². The van der Waals surface area contributed by atoms with Crippen molar-refractivity contribution >= 4 is 27.3 Å². The van der Waals surface area contributed by atoms with Crippen LogP contribution in [0.5, 0.6) is 0 Å². The highest BCUT2D eigenvalue weighted by atomic mass is 32.2. The van der Waals surface area contributed by atoms with Gasteiger partial charge in [0.1, 0.15) is 6.54 Å². The molecule has 0 atom stereocenters. The van der Waals surface area contributed by atoms with E-state index in [1.165, 1.54) is 17.5 Å². The van der Waals surface area contributed by atoms with Gasteiger partial charge in [-0.1, -0.05) is 6.07 Å². The van der Waals surface area contributed by atoms with E-state index in [4.69, 9.17) is 5.11 Å². The van der Waals surface area contributed by atoms with Gasteiger partial charge in [-0.25, -0.2) is 8.42 Å². The topological polar surface area (TPSA) is 87.6 Å². The average molecular weight is 340 g/mol. The van der Waals surface area contributed by atoms with Crippen molar-refractivity contribution in [3.63, 3.8) is 0 Å². The molecule has 0 amide bonds. The maximum atomic E-state index is 12.8. The first-order valence-electron chi connectivity index (χ1n) is 6.48. The largest absolute Gasteiger partial charge is 0.480 e. The number of hydrogen-bond donors (Lipinski definition) is 1. The second kappa shape index (κ2) is 6.55. The van der Waals surface area contributed by atoms with Gasteiger partial charge in [0.15, 0.2) is 0 Å². The quantitative estimate of drug-likeness (QED) is 0.869. The van der Waals surface area contributed by atoms with Gasteiger partial charge in [0.2, 0.25) is 10.0 Å². The molecule has 0 saturated carbocycles. The maximum absolute atomic E-state index is 12.8. The van der Waals surface area contributed by atoms with E-state index in [0.717, 1.165) is 9.18 Å². The summed E-state index contributed by atoms with van der Waals surface area (Å²) in [6.45, 7) is 2.91. The van der Waals surface area contributed by atoms with Crippen molar-refractivity contribution in [3.05, 3.63) is 45.9 Å². The zero-order valence-electron chi connectivity index (χ0n) is 12.2. The van der Waals surface area contributed by atoms with Crippen LogP contribution < -0.4 is 0 Å². The Morgan fingerprint density at radius 1 is 1.41 bits per heavy atom. The molecule has 22 heavy (non-hydrogen) atoms. The van der Waals surface area contributed by atoms with Gasteiger partial charge < -0.3 is 5.11 Å². The fraction of sp³-hybridized carbons (Fsp3) is 0.286. The third kappa shape index (κ3) is 3.70. The van der Waals surface area contributed by atoms with Crippen molar-refractivity contribution < 1.29 is 18.3 Å². The predicted octanol–water partition coefficient (Wildman–Crippen LogP) is 2.04. The minimum atomic E-state index is -3.87. The molecule has 0 saturated heterocycles. The van der Waals surface area contributed by atoms with Gasteiger partial charge in [-0.15, -0.1) is 11.3 Å². The summed E-state index contributed by atoms with van der Waals surface area (Å²) in [5.74, 6) is -1.20. The number of carboxylic acid groups (broad SMARTS) is 1. The number of carboxylic acids is 1. The number of aromatic nitrogens is 1. The van der Waals surface area contributed by atoms with Crippen LogP contribution in [0.15, 0.2) is 35.5 Å². The Labute approximate surface area is 133 Å². The molecule has 0 aromatic carbocycles. The Kier molecular flexibility index (Phi) is 4.94. The Morgan fingerprint density at radius 3 is 2.64 bits per heavy atom. The first-order chi connectivity index (χ1) is 10.3. The summed E-state index contributed by atoms with van der Waals surface area (Å²) in [6, 6.07) is 4.97. The van der Waals surface area contributed by atoms with Gasteiger partial charge in [-0.3, -0.25) is 9.78 Å². The number of aryl methyl sites for hydroxylation is 2. The van der Waals surface area contributed by atoms with E-state index >= 15 is 0 Å². The van der Waals surface area contributed by atoms with Gasteiger partial charge in [0.05, 0.1) is 4.90 Å². The third-order valence-electron chi connectivity index (χ3n) is 3.01. The van der Waals surface area contributed by atoms with Gasteiger partial charge >= 0.3 is 5.97 Å². The van der Waals surface area contributed by atoms with E-state index in [9.17, 15) is 13.2 Å². The van der Waals surface area contributed by atoms with Crippen LogP contribution in [-0.4, -0.2) is 35.3 Å². The molecule has 2 aromatic rings. The SMILES string of the molecule is Cc1cc(S(=O)(=O)N(CC(=O)O)Cc2cccnc2)c(C)s1. The lowest BCUT2D eigenvalue weighted by Gasteiger charge is -2.20. The van der Waals surface area contributed by atoms with Crippen molar-refractivity contribution in [3.8, 4) is 0 Å². The highest BCUT2D eigenvalue weighted by Gasteiger charge is 2.29. The summed E-state index contributed by atoms with van der Waals surface area (Å²) in [6.07, 6.45) is 3.10. The van der Waals surface area contributed by atoms with E-state index in [1.54, 1.807) is 31.3 Å². The summed E-state index contributed by atoms with van der Waals surface area (Å²) < 4.78 is 26.5.